The highest BCUT2D eigenvalue weighted by molar-refractivity contribution is 7.98. The molecule has 7 heteroatoms. The highest BCUT2D eigenvalue weighted by Crippen LogP contribution is 2.32. The van der Waals surface area contributed by atoms with Gasteiger partial charge in [0.25, 0.3) is 6.43 Å². The number of aromatic nitrogens is 2. The Morgan fingerprint density at radius 3 is 2.94 bits per heavy atom. The van der Waals surface area contributed by atoms with E-state index in [1.807, 2.05) is 7.05 Å². The molecule has 0 bridgehead atoms. The van der Waals surface area contributed by atoms with Crippen molar-refractivity contribution in [2.24, 2.45) is 0 Å². The fourth-order valence-electron chi connectivity index (χ4n) is 1.76. The van der Waals surface area contributed by atoms with Gasteiger partial charge in [-0.3, -0.25) is 0 Å². The second-order valence-corrected chi connectivity index (χ2v) is 4.86. The number of hydrogen-bond acceptors (Lipinski definition) is 5. The highest BCUT2D eigenvalue weighted by atomic mass is 32.2. The fourth-order valence-corrected chi connectivity index (χ4v) is 2.80. The first-order valence-electron chi connectivity index (χ1n) is 5.70. The second kappa shape index (κ2) is 6.29. The summed E-state index contributed by atoms with van der Waals surface area (Å²) in [5.74, 6) is 3.30. The number of ether oxygens (including phenoxy) is 1. The Balaban J connectivity index is 1.97. The molecule has 0 atom stereocenters. The van der Waals surface area contributed by atoms with E-state index in [1.54, 1.807) is 11.8 Å². The molecule has 18 heavy (non-hydrogen) atoms. The molecule has 0 spiro atoms. The minimum absolute atomic E-state index is 0.222. The van der Waals surface area contributed by atoms with E-state index in [0.29, 0.717) is 12.2 Å². The van der Waals surface area contributed by atoms with Crippen LogP contribution in [0.25, 0.3) is 0 Å². The van der Waals surface area contributed by atoms with Crippen LogP contribution in [0.5, 0.6) is 0 Å². The van der Waals surface area contributed by atoms with E-state index >= 15 is 0 Å². The molecule has 0 radical (unpaired) electrons. The van der Waals surface area contributed by atoms with Crippen LogP contribution in [0.3, 0.4) is 0 Å². The molecule has 2 heterocycles. The zero-order valence-electron chi connectivity index (χ0n) is 10.1. The Morgan fingerprint density at radius 1 is 1.39 bits per heavy atom. The Kier molecular flexibility index (Phi) is 4.71. The zero-order chi connectivity index (χ0) is 13.0. The maximum absolute atomic E-state index is 11.9. The molecule has 1 N–H and O–H groups in total. The molecule has 4 nitrogen and oxygen atoms in total. The van der Waals surface area contributed by atoms with Crippen molar-refractivity contribution in [3.63, 3.8) is 0 Å². The lowest BCUT2D eigenvalue weighted by molar-refractivity contribution is 0.0183. The number of fused-ring (bicyclic) bond motifs is 1. The summed E-state index contributed by atoms with van der Waals surface area (Å²) in [6.07, 6.45) is -1.96. The summed E-state index contributed by atoms with van der Waals surface area (Å²) in [5, 5.41) is 3.05. The van der Waals surface area contributed by atoms with Crippen molar-refractivity contribution in [2.75, 3.05) is 25.6 Å². The van der Waals surface area contributed by atoms with Crippen LogP contribution in [0.4, 0.5) is 14.6 Å². The molecule has 1 aromatic rings. The molecule has 1 aliphatic rings. The summed E-state index contributed by atoms with van der Waals surface area (Å²) in [6, 6.07) is 0. The van der Waals surface area contributed by atoms with Gasteiger partial charge in [-0.15, -0.1) is 0 Å². The van der Waals surface area contributed by atoms with Gasteiger partial charge in [0, 0.05) is 30.5 Å². The molecular weight excluding hydrogens is 260 g/mol. The number of rotatable bonds is 6. The van der Waals surface area contributed by atoms with Crippen LogP contribution >= 0.6 is 11.8 Å². The molecule has 0 saturated carbocycles. The summed E-state index contributed by atoms with van der Waals surface area (Å²) in [6.45, 7) is -0.306. The lowest BCUT2D eigenvalue weighted by atomic mass is 10.2. The van der Waals surface area contributed by atoms with Gasteiger partial charge in [-0.1, -0.05) is 0 Å². The third-order valence-corrected chi connectivity index (χ3v) is 3.55. The van der Waals surface area contributed by atoms with Gasteiger partial charge in [0.15, 0.2) is 0 Å². The average Bonchev–Trinajstić information content (AvgIpc) is 2.81. The number of hydrogen-bond donors (Lipinski definition) is 1. The van der Waals surface area contributed by atoms with E-state index in [4.69, 9.17) is 4.74 Å². The Hall–Kier alpha value is -0.950. The van der Waals surface area contributed by atoms with E-state index < -0.39 is 13.0 Å². The summed E-state index contributed by atoms with van der Waals surface area (Å²) in [7, 11) is 1.82. The highest BCUT2D eigenvalue weighted by Gasteiger charge is 2.18. The SMILES string of the molecule is CNc1nc(CCOCC(F)F)nc2c1CSC2. The van der Waals surface area contributed by atoms with E-state index in [0.717, 1.165) is 28.6 Å². The molecule has 2 rings (SSSR count). The Bertz CT molecular complexity index is 418. The monoisotopic (exact) mass is 275 g/mol. The summed E-state index contributed by atoms with van der Waals surface area (Å²) in [4.78, 5) is 8.82. The normalized spacial score (nSPS) is 14.0. The van der Waals surface area contributed by atoms with Gasteiger partial charge in [-0.2, -0.15) is 11.8 Å². The summed E-state index contributed by atoms with van der Waals surface area (Å²) in [5.41, 5.74) is 2.20. The molecular formula is C11H15F2N3OS. The van der Waals surface area contributed by atoms with Crippen molar-refractivity contribution in [3.05, 3.63) is 17.1 Å². The first-order valence-corrected chi connectivity index (χ1v) is 6.86. The fraction of sp³-hybridized carbons (Fsp3) is 0.636. The molecule has 1 aliphatic heterocycles. The summed E-state index contributed by atoms with van der Waals surface area (Å²) >= 11 is 1.80. The topological polar surface area (TPSA) is 47.0 Å². The molecule has 0 aliphatic carbocycles. The van der Waals surface area contributed by atoms with Crippen molar-refractivity contribution in [1.29, 1.82) is 0 Å². The van der Waals surface area contributed by atoms with Crippen molar-refractivity contribution < 1.29 is 13.5 Å². The largest absolute Gasteiger partial charge is 0.375 e. The number of alkyl halides is 2. The van der Waals surface area contributed by atoms with Crippen molar-refractivity contribution in [2.45, 2.75) is 24.4 Å². The number of nitrogens with zero attached hydrogens (tertiary/aromatic N) is 2. The van der Waals surface area contributed by atoms with Crippen LogP contribution in [0.1, 0.15) is 17.1 Å². The maximum Gasteiger partial charge on any atom is 0.261 e. The van der Waals surface area contributed by atoms with Gasteiger partial charge in [-0.25, -0.2) is 18.7 Å². The van der Waals surface area contributed by atoms with Gasteiger partial charge < -0.3 is 10.1 Å². The predicted molar refractivity (Wildman–Crippen MR) is 67.1 cm³/mol. The lowest BCUT2D eigenvalue weighted by Gasteiger charge is -2.09. The van der Waals surface area contributed by atoms with Gasteiger partial charge in [-0.05, 0) is 0 Å². The van der Waals surface area contributed by atoms with E-state index in [1.165, 1.54) is 0 Å². The maximum atomic E-state index is 11.9. The number of halogens is 2. The first kappa shape index (κ1) is 13.5. The number of nitrogens with one attached hydrogen (secondary N) is 1. The second-order valence-electron chi connectivity index (χ2n) is 3.87. The van der Waals surface area contributed by atoms with Crippen LogP contribution in [-0.4, -0.2) is 36.7 Å². The van der Waals surface area contributed by atoms with Crippen LogP contribution < -0.4 is 5.32 Å². The average molecular weight is 275 g/mol. The van der Waals surface area contributed by atoms with Crippen molar-refractivity contribution in [3.8, 4) is 0 Å². The molecule has 0 amide bonds. The standard InChI is InChI=1S/C11H15F2N3OS/c1-14-11-7-5-18-6-8(7)15-10(16-11)2-3-17-4-9(12)13/h9H,2-6H2,1H3,(H,14,15,16). The quantitative estimate of drug-likeness (QED) is 0.806. The lowest BCUT2D eigenvalue weighted by Crippen LogP contribution is -2.11. The predicted octanol–water partition coefficient (Wildman–Crippen LogP) is 2.09. The van der Waals surface area contributed by atoms with Gasteiger partial charge >= 0.3 is 0 Å². The van der Waals surface area contributed by atoms with E-state index in [9.17, 15) is 8.78 Å². The minimum atomic E-state index is -2.42. The van der Waals surface area contributed by atoms with Crippen LogP contribution in [0.15, 0.2) is 0 Å². The van der Waals surface area contributed by atoms with Crippen LogP contribution in [0.2, 0.25) is 0 Å². The van der Waals surface area contributed by atoms with E-state index in [2.05, 4.69) is 15.3 Å². The first-order chi connectivity index (χ1) is 8.70. The van der Waals surface area contributed by atoms with Crippen LogP contribution in [0, 0.1) is 0 Å². The minimum Gasteiger partial charge on any atom is -0.375 e. The molecule has 0 aromatic carbocycles. The van der Waals surface area contributed by atoms with Crippen molar-refractivity contribution >= 4 is 17.6 Å². The third kappa shape index (κ3) is 3.29. The zero-order valence-corrected chi connectivity index (χ0v) is 10.9. The van der Waals surface area contributed by atoms with Crippen LogP contribution in [-0.2, 0) is 22.7 Å². The number of anilines is 1. The molecule has 100 valence electrons. The van der Waals surface area contributed by atoms with Gasteiger partial charge in [0.05, 0.1) is 12.3 Å². The molecule has 1 aromatic heterocycles. The van der Waals surface area contributed by atoms with Crippen molar-refractivity contribution in [1.82, 2.24) is 9.97 Å². The molecule has 0 unspecified atom stereocenters. The van der Waals surface area contributed by atoms with Gasteiger partial charge in [0.1, 0.15) is 18.2 Å². The summed E-state index contributed by atoms with van der Waals surface area (Å²) < 4.78 is 28.6. The molecule has 0 saturated heterocycles. The third-order valence-electron chi connectivity index (χ3n) is 2.57. The Labute approximate surface area is 109 Å². The molecule has 0 fully saturated rings. The number of thioether (sulfide) groups is 1. The Morgan fingerprint density at radius 2 is 2.22 bits per heavy atom. The smallest absolute Gasteiger partial charge is 0.261 e. The van der Waals surface area contributed by atoms with Gasteiger partial charge in [0.2, 0.25) is 0 Å². The van der Waals surface area contributed by atoms with E-state index in [-0.39, 0.29) is 6.61 Å².